The molecule has 1 N–H and O–H groups in total. The van der Waals surface area contributed by atoms with E-state index in [2.05, 4.69) is 4.98 Å². The minimum atomic E-state index is -4.46. The summed E-state index contributed by atoms with van der Waals surface area (Å²) in [5.41, 5.74) is 1.14. The molecule has 0 saturated carbocycles. The number of methoxy groups -OCH3 is 1. The molecule has 0 bridgehead atoms. The van der Waals surface area contributed by atoms with E-state index in [4.69, 9.17) is 4.74 Å². The zero-order chi connectivity index (χ0) is 15.5. The molecule has 1 aromatic heterocycles. The van der Waals surface area contributed by atoms with Gasteiger partial charge in [0.2, 0.25) is 5.88 Å². The SMILES string of the molecule is CCCCc1nc(-c2ccccc2)c(OC)n1S(=O)(=O)O. The minimum Gasteiger partial charge on any atom is -0.480 e. The van der Waals surface area contributed by atoms with E-state index >= 15 is 0 Å². The first-order valence-corrected chi connectivity index (χ1v) is 8.07. The summed E-state index contributed by atoms with van der Waals surface area (Å²) >= 11 is 0. The highest BCUT2D eigenvalue weighted by Gasteiger charge is 2.25. The predicted octanol–water partition coefficient (Wildman–Crippen LogP) is 2.55. The molecule has 0 atom stereocenters. The summed E-state index contributed by atoms with van der Waals surface area (Å²) in [6, 6.07) is 9.12. The van der Waals surface area contributed by atoms with Crippen LogP contribution in [0, 0.1) is 0 Å². The van der Waals surface area contributed by atoms with Gasteiger partial charge in [0.05, 0.1) is 7.11 Å². The van der Waals surface area contributed by atoms with Gasteiger partial charge in [-0.15, -0.1) is 0 Å². The third-order valence-corrected chi connectivity index (χ3v) is 3.93. The van der Waals surface area contributed by atoms with Crippen molar-refractivity contribution in [1.29, 1.82) is 0 Å². The lowest BCUT2D eigenvalue weighted by atomic mass is 10.2. The first-order valence-electron chi connectivity index (χ1n) is 6.68. The topological polar surface area (TPSA) is 81.4 Å². The molecular weight excluding hydrogens is 292 g/mol. The Morgan fingerprint density at radius 3 is 2.48 bits per heavy atom. The second-order valence-electron chi connectivity index (χ2n) is 4.60. The number of imidazole rings is 1. The highest BCUT2D eigenvalue weighted by Crippen LogP contribution is 2.32. The molecule has 0 spiro atoms. The van der Waals surface area contributed by atoms with Crippen molar-refractivity contribution in [3.8, 4) is 17.1 Å². The molecule has 0 radical (unpaired) electrons. The molecule has 0 fully saturated rings. The fraction of sp³-hybridized carbons (Fsp3) is 0.357. The van der Waals surface area contributed by atoms with Gasteiger partial charge in [-0.25, -0.2) is 4.98 Å². The van der Waals surface area contributed by atoms with Crippen LogP contribution in [0.2, 0.25) is 0 Å². The molecular formula is C14H18N2O4S. The average molecular weight is 310 g/mol. The summed E-state index contributed by atoms with van der Waals surface area (Å²) in [6.07, 6.45) is 2.10. The smallest absolute Gasteiger partial charge is 0.367 e. The summed E-state index contributed by atoms with van der Waals surface area (Å²) in [4.78, 5) is 4.35. The number of nitrogens with zero attached hydrogens (tertiary/aromatic N) is 2. The van der Waals surface area contributed by atoms with Gasteiger partial charge in [0.1, 0.15) is 11.5 Å². The van der Waals surface area contributed by atoms with Gasteiger partial charge in [-0.1, -0.05) is 43.7 Å². The summed E-state index contributed by atoms with van der Waals surface area (Å²) in [5, 5.41) is 0. The third-order valence-electron chi connectivity index (χ3n) is 3.09. The molecule has 6 nitrogen and oxygen atoms in total. The number of aromatic nitrogens is 2. The van der Waals surface area contributed by atoms with Gasteiger partial charge in [-0.05, 0) is 6.42 Å². The van der Waals surface area contributed by atoms with Crippen molar-refractivity contribution >= 4 is 10.3 Å². The molecule has 21 heavy (non-hydrogen) atoms. The molecule has 0 amide bonds. The monoisotopic (exact) mass is 310 g/mol. The minimum absolute atomic E-state index is 0.0230. The van der Waals surface area contributed by atoms with Gasteiger partial charge >= 0.3 is 10.3 Å². The zero-order valence-corrected chi connectivity index (χ0v) is 12.8. The van der Waals surface area contributed by atoms with Crippen molar-refractivity contribution in [1.82, 2.24) is 8.96 Å². The van der Waals surface area contributed by atoms with Crippen LogP contribution < -0.4 is 4.74 Å². The third kappa shape index (κ3) is 3.25. The Balaban J connectivity index is 2.65. The van der Waals surface area contributed by atoms with Crippen LogP contribution in [-0.2, 0) is 16.7 Å². The first-order chi connectivity index (χ1) is 9.99. The summed E-state index contributed by atoms with van der Waals surface area (Å²) in [6.45, 7) is 2.00. The number of unbranched alkanes of at least 4 members (excludes halogenated alkanes) is 1. The first kappa shape index (κ1) is 15.5. The van der Waals surface area contributed by atoms with Gasteiger partial charge in [0.15, 0.2) is 0 Å². The van der Waals surface area contributed by atoms with Crippen LogP contribution >= 0.6 is 0 Å². The van der Waals surface area contributed by atoms with E-state index in [0.717, 1.165) is 22.4 Å². The number of hydrogen-bond acceptors (Lipinski definition) is 4. The van der Waals surface area contributed by atoms with Crippen molar-refractivity contribution in [2.75, 3.05) is 7.11 Å². The highest BCUT2D eigenvalue weighted by atomic mass is 32.2. The Bertz CT molecular complexity index is 708. The van der Waals surface area contributed by atoms with Crippen molar-refractivity contribution in [2.24, 2.45) is 0 Å². The number of ether oxygens (including phenoxy) is 1. The summed E-state index contributed by atoms with van der Waals surface area (Å²) in [5.74, 6) is 0.296. The maximum atomic E-state index is 11.6. The number of benzene rings is 1. The van der Waals surface area contributed by atoms with Crippen LogP contribution in [0.5, 0.6) is 5.88 Å². The van der Waals surface area contributed by atoms with E-state index < -0.39 is 10.3 Å². The molecule has 114 valence electrons. The lowest BCUT2D eigenvalue weighted by molar-refractivity contribution is 0.384. The fourth-order valence-corrected chi connectivity index (χ4v) is 2.90. The van der Waals surface area contributed by atoms with Gasteiger partial charge in [-0.3, -0.25) is 4.55 Å². The Hall–Kier alpha value is -1.86. The van der Waals surface area contributed by atoms with Gasteiger partial charge in [0.25, 0.3) is 0 Å². The Kier molecular flexibility index (Phi) is 4.64. The molecule has 0 aliphatic heterocycles. The summed E-state index contributed by atoms with van der Waals surface area (Å²) < 4.78 is 38.7. The largest absolute Gasteiger partial charge is 0.480 e. The standard InChI is InChI=1S/C14H18N2O4S/c1-3-4-10-12-15-13(11-8-6-5-7-9-11)14(20-2)16(12)21(17,18)19/h5-9H,3-4,10H2,1-2H3,(H,17,18,19). The van der Waals surface area contributed by atoms with Gasteiger partial charge in [0, 0.05) is 12.0 Å². The Morgan fingerprint density at radius 2 is 1.95 bits per heavy atom. The second-order valence-corrected chi connectivity index (χ2v) is 5.86. The highest BCUT2D eigenvalue weighted by molar-refractivity contribution is 7.84. The maximum absolute atomic E-state index is 11.6. The van der Waals surface area contributed by atoms with Crippen molar-refractivity contribution in [3.63, 3.8) is 0 Å². The van der Waals surface area contributed by atoms with E-state index in [1.807, 2.05) is 37.3 Å². The van der Waals surface area contributed by atoms with Crippen molar-refractivity contribution < 1.29 is 17.7 Å². The van der Waals surface area contributed by atoms with Crippen molar-refractivity contribution in [3.05, 3.63) is 36.2 Å². The molecule has 1 aromatic carbocycles. The normalized spacial score (nSPS) is 11.6. The molecule has 2 rings (SSSR count). The summed E-state index contributed by atoms with van der Waals surface area (Å²) in [7, 11) is -3.11. The average Bonchev–Trinajstić information content (AvgIpc) is 2.84. The van der Waals surface area contributed by atoms with Crippen LogP contribution in [0.4, 0.5) is 0 Å². The van der Waals surface area contributed by atoms with E-state index in [-0.39, 0.29) is 11.7 Å². The van der Waals surface area contributed by atoms with E-state index in [1.54, 1.807) is 0 Å². The molecule has 0 unspecified atom stereocenters. The van der Waals surface area contributed by atoms with E-state index in [9.17, 15) is 13.0 Å². The van der Waals surface area contributed by atoms with Crippen LogP contribution in [0.15, 0.2) is 30.3 Å². The van der Waals surface area contributed by atoms with Crippen LogP contribution in [-0.4, -0.2) is 29.0 Å². The Labute approximate surface area is 124 Å². The second kappa shape index (κ2) is 6.28. The zero-order valence-electron chi connectivity index (χ0n) is 12.0. The quantitative estimate of drug-likeness (QED) is 0.829. The number of hydrogen-bond donors (Lipinski definition) is 1. The lowest BCUT2D eigenvalue weighted by Crippen LogP contribution is -2.15. The predicted molar refractivity (Wildman–Crippen MR) is 79.8 cm³/mol. The van der Waals surface area contributed by atoms with Crippen LogP contribution in [0.3, 0.4) is 0 Å². The molecule has 0 aliphatic rings. The molecule has 0 saturated heterocycles. The van der Waals surface area contributed by atoms with E-state index in [0.29, 0.717) is 12.1 Å². The van der Waals surface area contributed by atoms with Crippen LogP contribution in [0.25, 0.3) is 11.3 Å². The van der Waals surface area contributed by atoms with Crippen molar-refractivity contribution in [2.45, 2.75) is 26.2 Å². The lowest BCUT2D eigenvalue weighted by Gasteiger charge is -2.07. The maximum Gasteiger partial charge on any atom is 0.367 e. The number of aryl methyl sites for hydroxylation is 1. The van der Waals surface area contributed by atoms with Crippen LogP contribution in [0.1, 0.15) is 25.6 Å². The Morgan fingerprint density at radius 1 is 1.29 bits per heavy atom. The van der Waals surface area contributed by atoms with Gasteiger partial charge < -0.3 is 4.74 Å². The molecule has 7 heteroatoms. The fourth-order valence-electron chi connectivity index (χ4n) is 2.13. The van der Waals surface area contributed by atoms with E-state index in [1.165, 1.54) is 7.11 Å². The molecule has 0 aliphatic carbocycles. The molecule has 1 heterocycles. The number of rotatable bonds is 6. The molecule has 2 aromatic rings. The van der Waals surface area contributed by atoms with Gasteiger partial charge in [-0.2, -0.15) is 12.4 Å².